The number of benzene rings is 1. The fourth-order valence-electron chi connectivity index (χ4n) is 1.62. The topological polar surface area (TPSA) is 52.4 Å². The zero-order valence-electron chi connectivity index (χ0n) is 10.5. The summed E-state index contributed by atoms with van der Waals surface area (Å²) in [7, 11) is 0. The highest BCUT2D eigenvalue weighted by molar-refractivity contribution is 9.09. The van der Waals surface area contributed by atoms with Gasteiger partial charge in [0.25, 0.3) is 0 Å². The van der Waals surface area contributed by atoms with E-state index in [0.29, 0.717) is 12.4 Å². The zero-order valence-corrected chi connectivity index (χ0v) is 12.1. The van der Waals surface area contributed by atoms with Crippen LogP contribution >= 0.6 is 15.9 Å². The molecule has 1 aromatic rings. The first kappa shape index (κ1) is 15.0. The van der Waals surface area contributed by atoms with Crippen molar-refractivity contribution in [2.45, 2.75) is 32.6 Å². The first-order chi connectivity index (χ1) is 8.65. The van der Waals surface area contributed by atoms with E-state index in [1.807, 2.05) is 13.0 Å². The van der Waals surface area contributed by atoms with Crippen LogP contribution < -0.4 is 4.74 Å². The number of nitrogens with zero attached hydrogens (tertiary/aromatic N) is 1. The summed E-state index contributed by atoms with van der Waals surface area (Å²) in [6, 6.07) is 5.04. The van der Waals surface area contributed by atoms with Gasteiger partial charge in [-0.3, -0.25) is 10.1 Å². The Balaban J connectivity index is 2.44. The Morgan fingerprint density at radius 1 is 1.28 bits per heavy atom. The molecule has 0 fully saturated rings. The molecule has 0 heterocycles. The maximum atomic E-state index is 10.9. The predicted molar refractivity (Wildman–Crippen MR) is 75.6 cm³/mol. The lowest BCUT2D eigenvalue weighted by molar-refractivity contribution is -0.385. The van der Waals surface area contributed by atoms with Gasteiger partial charge in [-0.1, -0.05) is 34.8 Å². The maximum Gasteiger partial charge on any atom is 0.311 e. The van der Waals surface area contributed by atoms with Crippen molar-refractivity contribution in [1.82, 2.24) is 0 Å². The standard InChI is InChI=1S/C13H18BrNO3/c1-11-6-7-13(12(10-11)15(16)17)18-9-5-3-2-4-8-14/h6-7,10H,2-5,8-9H2,1H3. The summed E-state index contributed by atoms with van der Waals surface area (Å²) in [6.45, 7) is 2.36. The van der Waals surface area contributed by atoms with Crippen LogP contribution in [0.25, 0.3) is 0 Å². The molecule has 1 rings (SSSR count). The predicted octanol–water partition coefficient (Wildman–Crippen LogP) is 4.24. The molecule has 0 spiro atoms. The van der Waals surface area contributed by atoms with Gasteiger partial charge in [-0.2, -0.15) is 0 Å². The van der Waals surface area contributed by atoms with Crippen LogP contribution in [-0.4, -0.2) is 16.9 Å². The molecular weight excluding hydrogens is 298 g/mol. The van der Waals surface area contributed by atoms with Gasteiger partial charge in [0.2, 0.25) is 0 Å². The number of unbranched alkanes of at least 4 members (excludes halogenated alkanes) is 3. The van der Waals surface area contributed by atoms with Crippen LogP contribution in [0.15, 0.2) is 18.2 Å². The number of nitro groups is 1. The van der Waals surface area contributed by atoms with Crippen molar-refractivity contribution in [1.29, 1.82) is 0 Å². The molecule has 100 valence electrons. The van der Waals surface area contributed by atoms with Gasteiger partial charge in [0.15, 0.2) is 5.75 Å². The Morgan fingerprint density at radius 2 is 2.00 bits per heavy atom. The van der Waals surface area contributed by atoms with Crippen LogP contribution in [-0.2, 0) is 0 Å². The molecule has 0 unspecified atom stereocenters. The van der Waals surface area contributed by atoms with Crippen LogP contribution in [0.3, 0.4) is 0 Å². The number of halogens is 1. The summed E-state index contributed by atoms with van der Waals surface area (Å²) in [5.74, 6) is 0.367. The smallest absolute Gasteiger partial charge is 0.311 e. The van der Waals surface area contributed by atoms with E-state index in [2.05, 4.69) is 15.9 Å². The SMILES string of the molecule is Cc1ccc(OCCCCCCBr)c([N+](=O)[O-])c1. The van der Waals surface area contributed by atoms with E-state index in [1.165, 1.54) is 0 Å². The molecule has 0 atom stereocenters. The van der Waals surface area contributed by atoms with Crippen molar-refractivity contribution >= 4 is 21.6 Å². The van der Waals surface area contributed by atoms with Crippen molar-refractivity contribution in [2.75, 3.05) is 11.9 Å². The lowest BCUT2D eigenvalue weighted by Crippen LogP contribution is -2.01. The highest BCUT2D eigenvalue weighted by Crippen LogP contribution is 2.27. The molecule has 0 radical (unpaired) electrons. The zero-order chi connectivity index (χ0) is 13.4. The number of hydrogen-bond donors (Lipinski definition) is 0. The molecule has 0 aliphatic rings. The lowest BCUT2D eigenvalue weighted by Gasteiger charge is -2.07. The molecule has 4 nitrogen and oxygen atoms in total. The van der Waals surface area contributed by atoms with E-state index in [0.717, 1.165) is 36.6 Å². The summed E-state index contributed by atoms with van der Waals surface area (Å²) in [6.07, 6.45) is 4.33. The monoisotopic (exact) mass is 315 g/mol. The number of nitro benzene ring substituents is 1. The molecular formula is C13H18BrNO3. The number of ether oxygens (including phenoxy) is 1. The van der Waals surface area contributed by atoms with Crippen molar-refractivity contribution in [3.05, 3.63) is 33.9 Å². The molecule has 0 bridgehead atoms. The number of aryl methyl sites for hydroxylation is 1. The number of hydrogen-bond acceptors (Lipinski definition) is 3. The van der Waals surface area contributed by atoms with E-state index in [4.69, 9.17) is 4.74 Å². The number of alkyl halides is 1. The van der Waals surface area contributed by atoms with Crippen LogP contribution in [0.5, 0.6) is 5.75 Å². The van der Waals surface area contributed by atoms with Gasteiger partial charge in [0.05, 0.1) is 11.5 Å². The summed E-state index contributed by atoms with van der Waals surface area (Å²) in [5.41, 5.74) is 0.918. The third kappa shape index (κ3) is 5.04. The van der Waals surface area contributed by atoms with E-state index < -0.39 is 4.92 Å². The van der Waals surface area contributed by atoms with Gasteiger partial charge in [-0.15, -0.1) is 0 Å². The van der Waals surface area contributed by atoms with Gasteiger partial charge >= 0.3 is 5.69 Å². The lowest BCUT2D eigenvalue weighted by atomic mass is 10.2. The van der Waals surface area contributed by atoms with Crippen LogP contribution in [0.2, 0.25) is 0 Å². The number of rotatable bonds is 8. The second kappa shape index (κ2) is 8.08. The molecule has 5 heteroatoms. The second-order valence-electron chi connectivity index (χ2n) is 4.18. The van der Waals surface area contributed by atoms with Gasteiger partial charge in [0.1, 0.15) is 0 Å². The molecule has 0 saturated carbocycles. The van der Waals surface area contributed by atoms with E-state index >= 15 is 0 Å². The van der Waals surface area contributed by atoms with E-state index in [9.17, 15) is 10.1 Å². The summed E-state index contributed by atoms with van der Waals surface area (Å²) >= 11 is 3.38. The Morgan fingerprint density at radius 3 is 2.67 bits per heavy atom. The minimum Gasteiger partial charge on any atom is -0.487 e. The van der Waals surface area contributed by atoms with Gasteiger partial charge in [-0.05, 0) is 31.4 Å². The largest absolute Gasteiger partial charge is 0.487 e. The van der Waals surface area contributed by atoms with E-state index in [-0.39, 0.29) is 5.69 Å². The third-order valence-corrected chi connectivity index (χ3v) is 3.16. The molecule has 18 heavy (non-hydrogen) atoms. The second-order valence-corrected chi connectivity index (χ2v) is 4.97. The molecule has 0 aliphatic carbocycles. The van der Waals surface area contributed by atoms with Gasteiger partial charge in [-0.25, -0.2) is 0 Å². The minimum absolute atomic E-state index is 0.0514. The van der Waals surface area contributed by atoms with Gasteiger partial charge in [0, 0.05) is 11.4 Å². The fraction of sp³-hybridized carbons (Fsp3) is 0.538. The summed E-state index contributed by atoms with van der Waals surface area (Å²) in [4.78, 5) is 10.5. The molecule has 1 aromatic carbocycles. The third-order valence-electron chi connectivity index (χ3n) is 2.60. The quantitative estimate of drug-likeness (QED) is 0.312. The van der Waals surface area contributed by atoms with Crippen molar-refractivity contribution < 1.29 is 9.66 Å². The maximum absolute atomic E-state index is 10.9. The Kier molecular flexibility index (Phi) is 6.72. The molecule has 0 aromatic heterocycles. The minimum atomic E-state index is -0.396. The summed E-state index contributed by atoms with van der Waals surface area (Å²) in [5, 5.41) is 11.9. The average molecular weight is 316 g/mol. The highest BCUT2D eigenvalue weighted by Gasteiger charge is 2.14. The molecule has 0 N–H and O–H groups in total. The Bertz CT molecular complexity index is 396. The normalized spacial score (nSPS) is 10.3. The van der Waals surface area contributed by atoms with Crippen molar-refractivity contribution in [2.24, 2.45) is 0 Å². The molecule has 0 saturated heterocycles. The Hall–Kier alpha value is -1.10. The average Bonchev–Trinajstić information content (AvgIpc) is 2.35. The first-order valence-corrected chi connectivity index (χ1v) is 7.21. The summed E-state index contributed by atoms with van der Waals surface area (Å²) < 4.78 is 5.48. The van der Waals surface area contributed by atoms with E-state index in [1.54, 1.807) is 12.1 Å². The fourth-order valence-corrected chi connectivity index (χ4v) is 2.02. The molecule has 0 amide bonds. The van der Waals surface area contributed by atoms with Gasteiger partial charge < -0.3 is 4.74 Å². The highest BCUT2D eigenvalue weighted by atomic mass is 79.9. The van der Waals surface area contributed by atoms with Crippen molar-refractivity contribution in [3.63, 3.8) is 0 Å². The van der Waals surface area contributed by atoms with Crippen LogP contribution in [0.4, 0.5) is 5.69 Å². The van der Waals surface area contributed by atoms with Crippen LogP contribution in [0.1, 0.15) is 31.2 Å². The van der Waals surface area contributed by atoms with Crippen molar-refractivity contribution in [3.8, 4) is 5.75 Å². The van der Waals surface area contributed by atoms with Crippen LogP contribution in [0, 0.1) is 17.0 Å². The molecule has 0 aliphatic heterocycles. The Labute approximate surface area is 116 Å². The first-order valence-electron chi connectivity index (χ1n) is 6.09.